The Balaban J connectivity index is 1.74. The number of rotatable bonds is 5. The molecule has 0 aromatic heterocycles. The number of hydrogen-bond donors (Lipinski definition) is 2. The monoisotopic (exact) mass is 424 g/mol. The van der Waals surface area contributed by atoms with Crippen LogP contribution in [0.4, 0.5) is 16.2 Å². The molecule has 1 atom stereocenters. The van der Waals surface area contributed by atoms with Crippen LogP contribution in [0.15, 0.2) is 48.5 Å². The molecule has 0 aliphatic carbocycles. The number of nitro benzene ring substituents is 1. The van der Waals surface area contributed by atoms with Gasteiger partial charge in [-0.3, -0.25) is 24.6 Å². The van der Waals surface area contributed by atoms with Crippen LogP contribution in [0.2, 0.25) is 0 Å². The van der Waals surface area contributed by atoms with Gasteiger partial charge in [0.25, 0.3) is 11.6 Å². The summed E-state index contributed by atoms with van der Waals surface area (Å²) in [6.45, 7) is 7.32. The van der Waals surface area contributed by atoms with Gasteiger partial charge in [0, 0.05) is 17.8 Å². The van der Waals surface area contributed by atoms with Gasteiger partial charge in [-0.15, -0.1) is 0 Å². The van der Waals surface area contributed by atoms with Crippen LogP contribution in [-0.2, 0) is 20.5 Å². The summed E-state index contributed by atoms with van der Waals surface area (Å²) in [6.07, 6.45) is 0. The highest BCUT2D eigenvalue weighted by molar-refractivity contribution is 6.10. The van der Waals surface area contributed by atoms with E-state index >= 15 is 0 Å². The first kappa shape index (κ1) is 21.9. The number of nitrogens with one attached hydrogen (secondary N) is 2. The van der Waals surface area contributed by atoms with Crippen LogP contribution < -0.4 is 10.6 Å². The van der Waals surface area contributed by atoms with Crippen molar-refractivity contribution < 1.29 is 19.3 Å². The van der Waals surface area contributed by atoms with Crippen molar-refractivity contribution in [2.75, 3.05) is 11.9 Å². The van der Waals surface area contributed by atoms with Crippen molar-refractivity contribution >= 4 is 29.2 Å². The maximum Gasteiger partial charge on any atom is 0.325 e. The average molecular weight is 424 g/mol. The maximum absolute atomic E-state index is 13.0. The Morgan fingerprint density at radius 3 is 2.39 bits per heavy atom. The van der Waals surface area contributed by atoms with E-state index in [0.717, 1.165) is 10.5 Å². The summed E-state index contributed by atoms with van der Waals surface area (Å²) in [5, 5.41) is 16.0. The molecule has 1 aliphatic rings. The summed E-state index contributed by atoms with van der Waals surface area (Å²) in [5.41, 5.74) is 0.370. The smallest absolute Gasteiger partial charge is 0.324 e. The van der Waals surface area contributed by atoms with Gasteiger partial charge < -0.3 is 10.6 Å². The third-order valence-corrected chi connectivity index (χ3v) is 5.25. The van der Waals surface area contributed by atoms with Gasteiger partial charge in [0.15, 0.2) is 0 Å². The van der Waals surface area contributed by atoms with E-state index < -0.39 is 34.9 Å². The Bertz CT molecular complexity index is 1060. The van der Waals surface area contributed by atoms with Gasteiger partial charge in [0.05, 0.1) is 4.92 Å². The minimum Gasteiger partial charge on any atom is -0.324 e. The third-order valence-electron chi connectivity index (χ3n) is 5.25. The summed E-state index contributed by atoms with van der Waals surface area (Å²) in [7, 11) is 0. The molecule has 1 saturated heterocycles. The molecule has 3 rings (SSSR count). The van der Waals surface area contributed by atoms with Crippen molar-refractivity contribution in [1.29, 1.82) is 0 Å². The fourth-order valence-electron chi connectivity index (χ4n) is 3.38. The second kappa shape index (κ2) is 7.82. The largest absolute Gasteiger partial charge is 0.325 e. The summed E-state index contributed by atoms with van der Waals surface area (Å²) >= 11 is 0. The number of benzene rings is 2. The normalized spacial score (nSPS) is 18.6. The highest BCUT2D eigenvalue weighted by atomic mass is 16.6. The van der Waals surface area contributed by atoms with Gasteiger partial charge >= 0.3 is 6.03 Å². The van der Waals surface area contributed by atoms with E-state index in [1.807, 2.05) is 12.1 Å². The van der Waals surface area contributed by atoms with Crippen LogP contribution in [0.1, 0.15) is 38.8 Å². The number of carbonyl (C=O) groups is 3. The molecule has 0 spiro atoms. The quantitative estimate of drug-likeness (QED) is 0.433. The van der Waals surface area contributed by atoms with Crippen LogP contribution in [-0.4, -0.2) is 34.2 Å². The van der Waals surface area contributed by atoms with Gasteiger partial charge in [-0.2, -0.15) is 0 Å². The van der Waals surface area contributed by atoms with E-state index in [2.05, 4.69) is 31.4 Å². The number of non-ortho nitro benzene ring substituents is 1. The predicted octanol–water partition coefficient (Wildman–Crippen LogP) is 3.30. The topological polar surface area (TPSA) is 122 Å². The lowest BCUT2D eigenvalue weighted by atomic mass is 9.84. The zero-order valence-corrected chi connectivity index (χ0v) is 17.8. The van der Waals surface area contributed by atoms with E-state index in [1.165, 1.54) is 24.3 Å². The Morgan fingerprint density at radius 2 is 1.81 bits per heavy atom. The lowest BCUT2D eigenvalue weighted by Crippen LogP contribution is -2.42. The lowest BCUT2D eigenvalue weighted by Gasteiger charge is -2.24. The molecular weight excluding hydrogens is 400 g/mol. The van der Waals surface area contributed by atoms with Crippen LogP contribution in [0.25, 0.3) is 0 Å². The second-order valence-electron chi connectivity index (χ2n) is 8.63. The number of amides is 4. The summed E-state index contributed by atoms with van der Waals surface area (Å²) in [4.78, 5) is 49.0. The molecule has 2 aromatic rings. The van der Waals surface area contributed by atoms with E-state index in [9.17, 15) is 24.5 Å². The molecule has 31 heavy (non-hydrogen) atoms. The number of carbonyl (C=O) groups excluding carboxylic acids is 3. The zero-order valence-electron chi connectivity index (χ0n) is 17.8. The van der Waals surface area contributed by atoms with Crippen LogP contribution >= 0.6 is 0 Å². The number of hydrogen-bond acceptors (Lipinski definition) is 5. The van der Waals surface area contributed by atoms with Gasteiger partial charge in [0.2, 0.25) is 5.91 Å². The Kier molecular flexibility index (Phi) is 5.54. The highest BCUT2D eigenvalue weighted by Crippen LogP contribution is 2.31. The molecule has 0 radical (unpaired) electrons. The zero-order chi connectivity index (χ0) is 23.0. The van der Waals surface area contributed by atoms with Crippen molar-refractivity contribution in [3.05, 3.63) is 69.8 Å². The van der Waals surface area contributed by atoms with Gasteiger partial charge in [-0.1, -0.05) is 51.1 Å². The standard InChI is InChI=1S/C22H24N4O5/c1-21(2,3)14-8-10-15(11-9-14)22(4)19(28)25(20(29)24-22)13-18(27)23-16-6-5-7-17(12-16)26(30)31/h5-12H,13H2,1-4H3,(H,23,27)(H,24,29)/t22-/m1/s1. The van der Waals surface area contributed by atoms with E-state index in [-0.39, 0.29) is 16.8 Å². The van der Waals surface area contributed by atoms with Crippen LogP contribution in [0.5, 0.6) is 0 Å². The Hall–Kier alpha value is -3.75. The highest BCUT2D eigenvalue weighted by Gasteiger charge is 2.49. The van der Waals surface area contributed by atoms with Gasteiger partial charge in [0.1, 0.15) is 12.1 Å². The minimum absolute atomic E-state index is 0.0565. The molecule has 0 saturated carbocycles. The molecule has 2 aromatic carbocycles. The first-order valence-electron chi connectivity index (χ1n) is 9.71. The van der Waals surface area contributed by atoms with Crippen LogP contribution in [0, 0.1) is 10.1 Å². The Labute approximate surface area is 179 Å². The molecule has 1 fully saturated rings. The maximum atomic E-state index is 13.0. The van der Waals surface area contributed by atoms with Crippen molar-refractivity contribution in [3.63, 3.8) is 0 Å². The number of nitrogens with zero attached hydrogens (tertiary/aromatic N) is 2. The molecule has 162 valence electrons. The van der Waals surface area contributed by atoms with E-state index in [4.69, 9.17) is 0 Å². The fourth-order valence-corrected chi connectivity index (χ4v) is 3.38. The van der Waals surface area contributed by atoms with Crippen molar-refractivity contribution in [2.24, 2.45) is 0 Å². The molecule has 4 amide bonds. The molecule has 1 heterocycles. The third kappa shape index (κ3) is 4.40. The number of anilines is 1. The van der Waals surface area contributed by atoms with Gasteiger partial charge in [-0.05, 0) is 29.5 Å². The summed E-state index contributed by atoms with van der Waals surface area (Å²) in [6, 6.07) is 12.2. The summed E-state index contributed by atoms with van der Waals surface area (Å²) < 4.78 is 0. The summed E-state index contributed by atoms with van der Waals surface area (Å²) in [5.74, 6) is -1.19. The van der Waals surface area contributed by atoms with Gasteiger partial charge in [-0.25, -0.2) is 4.79 Å². The lowest BCUT2D eigenvalue weighted by molar-refractivity contribution is -0.384. The van der Waals surface area contributed by atoms with Crippen molar-refractivity contribution in [3.8, 4) is 0 Å². The van der Waals surface area contributed by atoms with E-state index in [0.29, 0.717) is 5.56 Å². The molecular formula is C22H24N4O5. The molecule has 2 N–H and O–H groups in total. The van der Waals surface area contributed by atoms with Crippen molar-refractivity contribution in [2.45, 2.75) is 38.6 Å². The molecule has 0 unspecified atom stereocenters. The minimum atomic E-state index is -1.29. The second-order valence-corrected chi connectivity index (χ2v) is 8.63. The number of nitro groups is 1. The molecule has 0 bridgehead atoms. The molecule has 1 aliphatic heterocycles. The first-order chi connectivity index (χ1) is 14.4. The average Bonchev–Trinajstić information content (AvgIpc) is 2.91. The Morgan fingerprint density at radius 1 is 1.16 bits per heavy atom. The van der Waals surface area contributed by atoms with E-state index in [1.54, 1.807) is 19.1 Å². The number of imide groups is 1. The SMILES string of the molecule is CC(C)(C)c1ccc([C@@]2(C)NC(=O)N(CC(=O)Nc3cccc([N+](=O)[O-])c3)C2=O)cc1. The van der Waals surface area contributed by atoms with Crippen LogP contribution in [0.3, 0.4) is 0 Å². The number of urea groups is 1. The predicted molar refractivity (Wildman–Crippen MR) is 114 cm³/mol. The molecule has 9 heteroatoms. The van der Waals surface area contributed by atoms with Crippen molar-refractivity contribution in [1.82, 2.24) is 10.2 Å². The fraction of sp³-hybridized carbons (Fsp3) is 0.318. The molecule has 9 nitrogen and oxygen atoms in total. The first-order valence-corrected chi connectivity index (χ1v) is 9.71.